The van der Waals surface area contributed by atoms with E-state index in [4.69, 9.17) is 5.73 Å². The summed E-state index contributed by atoms with van der Waals surface area (Å²) in [5, 5.41) is 5.97. The third kappa shape index (κ3) is 4.36. The lowest BCUT2D eigenvalue weighted by Crippen LogP contribution is -2.34. The van der Waals surface area contributed by atoms with Crippen molar-refractivity contribution in [2.75, 3.05) is 5.32 Å². The summed E-state index contributed by atoms with van der Waals surface area (Å²) in [5.41, 5.74) is 5.77. The van der Waals surface area contributed by atoms with E-state index in [9.17, 15) is 18.0 Å². The number of hydrogen-bond donors (Lipinski definition) is 2. The molecule has 2 atom stereocenters. The molecule has 8 heteroatoms. The number of hydrogen-bond acceptors (Lipinski definition) is 3. The Morgan fingerprint density at radius 1 is 1.56 bits per heavy atom. The van der Waals surface area contributed by atoms with E-state index in [1.165, 1.54) is 0 Å². The third-order valence-electron chi connectivity index (χ3n) is 2.44. The van der Waals surface area contributed by atoms with Crippen molar-refractivity contribution in [2.24, 2.45) is 11.7 Å². The summed E-state index contributed by atoms with van der Waals surface area (Å²) in [5.74, 6) is -0.785. The molecule has 0 fully saturated rings. The molecule has 0 bridgehead atoms. The summed E-state index contributed by atoms with van der Waals surface area (Å²) in [4.78, 5) is 11.6. The molecule has 0 radical (unpaired) electrons. The minimum absolute atomic E-state index is 0.219. The Balaban J connectivity index is 2.62. The van der Waals surface area contributed by atoms with Crippen molar-refractivity contribution in [3.05, 3.63) is 12.4 Å². The van der Waals surface area contributed by atoms with Crippen LogP contribution in [0, 0.1) is 5.92 Å². The summed E-state index contributed by atoms with van der Waals surface area (Å²) in [7, 11) is 0. The SMILES string of the molecule is CC(N)C(C)C(=O)Nc1cnn(CC(F)(F)F)c1. The molecule has 0 aromatic carbocycles. The van der Waals surface area contributed by atoms with Crippen LogP contribution in [0.4, 0.5) is 18.9 Å². The van der Waals surface area contributed by atoms with Gasteiger partial charge in [0.15, 0.2) is 0 Å². The highest BCUT2D eigenvalue weighted by atomic mass is 19.4. The molecule has 0 saturated heterocycles. The summed E-state index contributed by atoms with van der Waals surface area (Å²) < 4.78 is 37.0. The second-order valence-electron chi connectivity index (χ2n) is 4.18. The van der Waals surface area contributed by atoms with Gasteiger partial charge in [0.2, 0.25) is 5.91 Å². The van der Waals surface area contributed by atoms with Crippen molar-refractivity contribution >= 4 is 11.6 Å². The van der Waals surface area contributed by atoms with Crippen molar-refractivity contribution in [2.45, 2.75) is 32.6 Å². The van der Waals surface area contributed by atoms with Gasteiger partial charge in [0.25, 0.3) is 0 Å². The first-order chi connectivity index (χ1) is 8.19. The normalized spacial score (nSPS) is 15.2. The van der Waals surface area contributed by atoms with Gasteiger partial charge in [0, 0.05) is 12.2 Å². The van der Waals surface area contributed by atoms with Gasteiger partial charge in [-0.05, 0) is 6.92 Å². The molecular formula is C10H15F3N4O. The Morgan fingerprint density at radius 3 is 2.67 bits per heavy atom. The molecule has 0 aliphatic heterocycles. The van der Waals surface area contributed by atoms with Crippen LogP contribution in [-0.2, 0) is 11.3 Å². The monoisotopic (exact) mass is 264 g/mol. The molecule has 0 aliphatic rings. The van der Waals surface area contributed by atoms with Crippen molar-refractivity contribution < 1.29 is 18.0 Å². The van der Waals surface area contributed by atoms with E-state index in [0.29, 0.717) is 4.68 Å². The smallest absolute Gasteiger partial charge is 0.327 e. The maximum atomic E-state index is 12.1. The van der Waals surface area contributed by atoms with Gasteiger partial charge in [-0.3, -0.25) is 9.48 Å². The van der Waals surface area contributed by atoms with Gasteiger partial charge in [-0.15, -0.1) is 0 Å². The number of rotatable bonds is 4. The Kier molecular flexibility index (Phi) is 4.33. The highest BCUT2D eigenvalue weighted by molar-refractivity contribution is 5.92. The average Bonchev–Trinajstić information content (AvgIpc) is 2.61. The van der Waals surface area contributed by atoms with E-state index in [0.717, 1.165) is 12.4 Å². The van der Waals surface area contributed by atoms with Crippen LogP contribution in [0.2, 0.25) is 0 Å². The number of carbonyl (C=O) groups is 1. The second kappa shape index (κ2) is 5.38. The van der Waals surface area contributed by atoms with E-state index in [1.54, 1.807) is 13.8 Å². The first-order valence-corrected chi connectivity index (χ1v) is 5.34. The number of nitrogens with zero attached hydrogens (tertiary/aromatic N) is 2. The van der Waals surface area contributed by atoms with Gasteiger partial charge in [0.1, 0.15) is 6.54 Å². The van der Waals surface area contributed by atoms with Crippen LogP contribution in [0.5, 0.6) is 0 Å². The summed E-state index contributed by atoms with van der Waals surface area (Å²) >= 11 is 0. The lowest BCUT2D eigenvalue weighted by Gasteiger charge is -2.14. The molecule has 18 heavy (non-hydrogen) atoms. The maximum Gasteiger partial charge on any atom is 0.408 e. The first-order valence-electron chi connectivity index (χ1n) is 5.34. The highest BCUT2D eigenvalue weighted by Gasteiger charge is 2.28. The molecule has 1 rings (SSSR count). The number of nitrogens with one attached hydrogen (secondary N) is 1. The van der Waals surface area contributed by atoms with Gasteiger partial charge in [-0.1, -0.05) is 6.92 Å². The van der Waals surface area contributed by atoms with Gasteiger partial charge in [0.05, 0.1) is 17.8 Å². The van der Waals surface area contributed by atoms with Crippen molar-refractivity contribution in [1.82, 2.24) is 9.78 Å². The number of anilines is 1. The molecular weight excluding hydrogens is 249 g/mol. The van der Waals surface area contributed by atoms with E-state index < -0.39 is 18.6 Å². The van der Waals surface area contributed by atoms with E-state index in [2.05, 4.69) is 10.4 Å². The third-order valence-corrected chi connectivity index (χ3v) is 2.44. The van der Waals surface area contributed by atoms with Crippen LogP contribution < -0.4 is 11.1 Å². The van der Waals surface area contributed by atoms with Gasteiger partial charge in [-0.25, -0.2) is 0 Å². The summed E-state index contributed by atoms with van der Waals surface area (Å²) in [6.45, 7) is 2.13. The lowest BCUT2D eigenvalue weighted by molar-refractivity contribution is -0.142. The molecule has 3 N–H and O–H groups in total. The number of aromatic nitrogens is 2. The molecule has 0 saturated carbocycles. The predicted octanol–water partition coefficient (Wildman–Crippen LogP) is 1.37. The van der Waals surface area contributed by atoms with E-state index >= 15 is 0 Å². The van der Waals surface area contributed by atoms with E-state index in [1.807, 2.05) is 0 Å². The lowest BCUT2D eigenvalue weighted by atomic mass is 10.0. The summed E-state index contributed by atoms with van der Waals surface area (Å²) in [6.07, 6.45) is -2.05. The molecule has 1 heterocycles. The van der Waals surface area contributed by atoms with Crippen LogP contribution >= 0.6 is 0 Å². The maximum absolute atomic E-state index is 12.1. The van der Waals surface area contributed by atoms with Crippen molar-refractivity contribution in [3.8, 4) is 0 Å². The standard InChI is InChI=1S/C10H15F3N4O/c1-6(7(2)14)9(18)16-8-3-15-17(4-8)5-10(11,12)13/h3-4,6-7H,5,14H2,1-2H3,(H,16,18). The fourth-order valence-electron chi connectivity index (χ4n) is 1.19. The predicted molar refractivity (Wildman–Crippen MR) is 59.7 cm³/mol. The van der Waals surface area contributed by atoms with Gasteiger partial charge in [-0.2, -0.15) is 18.3 Å². The average molecular weight is 264 g/mol. The van der Waals surface area contributed by atoms with E-state index in [-0.39, 0.29) is 17.6 Å². The first kappa shape index (κ1) is 14.5. The fourth-order valence-corrected chi connectivity index (χ4v) is 1.19. The Bertz CT molecular complexity index is 414. The number of amides is 1. The molecule has 1 aromatic heterocycles. The van der Waals surface area contributed by atoms with Crippen LogP contribution in [-0.4, -0.2) is 27.9 Å². The molecule has 1 aromatic rings. The minimum Gasteiger partial charge on any atom is -0.327 e. The quantitative estimate of drug-likeness (QED) is 0.862. The molecule has 1 amide bonds. The van der Waals surface area contributed by atoms with Crippen LogP contribution in [0.15, 0.2) is 12.4 Å². The topological polar surface area (TPSA) is 72.9 Å². The summed E-state index contributed by atoms with van der Waals surface area (Å²) in [6, 6.07) is -0.338. The highest BCUT2D eigenvalue weighted by Crippen LogP contribution is 2.18. The number of nitrogens with two attached hydrogens (primary N) is 1. The molecule has 5 nitrogen and oxygen atoms in total. The Morgan fingerprint density at radius 2 is 2.17 bits per heavy atom. The molecule has 0 aliphatic carbocycles. The fraction of sp³-hybridized carbons (Fsp3) is 0.600. The zero-order chi connectivity index (χ0) is 13.9. The molecule has 102 valence electrons. The van der Waals surface area contributed by atoms with Crippen LogP contribution in [0.25, 0.3) is 0 Å². The minimum atomic E-state index is -4.34. The second-order valence-corrected chi connectivity index (χ2v) is 4.18. The molecule has 0 spiro atoms. The van der Waals surface area contributed by atoms with Crippen LogP contribution in [0.3, 0.4) is 0 Å². The zero-order valence-electron chi connectivity index (χ0n) is 10.0. The van der Waals surface area contributed by atoms with Crippen molar-refractivity contribution in [3.63, 3.8) is 0 Å². The number of alkyl halides is 3. The van der Waals surface area contributed by atoms with Gasteiger partial charge >= 0.3 is 6.18 Å². The molecule has 2 unspecified atom stereocenters. The number of carbonyl (C=O) groups excluding carboxylic acids is 1. The number of halogens is 3. The largest absolute Gasteiger partial charge is 0.408 e. The Hall–Kier alpha value is -1.57. The Labute approximate surface area is 102 Å². The van der Waals surface area contributed by atoms with Crippen molar-refractivity contribution in [1.29, 1.82) is 0 Å². The van der Waals surface area contributed by atoms with Gasteiger partial charge < -0.3 is 11.1 Å². The van der Waals surface area contributed by atoms with Crippen LogP contribution in [0.1, 0.15) is 13.8 Å². The zero-order valence-corrected chi connectivity index (χ0v) is 10.0.